The molecule has 1 N–H and O–H groups in total. The summed E-state index contributed by atoms with van der Waals surface area (Å²) < 4.78 is 0. The molecule has 94 valence electrons. The number of nitrogens with one attached hydrogen (secondary N) is 1. The van der Waals surface area contributed by atoms with Gasteiger partial charge in [-0.3, -0.25) is 4.79 Å². The fraction of sp³-hybridized carbons (Fsp3) is 0.727. The predicted molar refractivity (Wildman–Crippen MR) is 68.4 cm³/mol. The Balaban J connectivity index is 2.02. The van der Waals surface area contributed by atoms with E-state index < -0.39 is 0 Å². The largest absolute Gasteiger partial charge is 0.360 e. The first kappa shape index (κ1) is 12.3. The third-order valence-electron chi connectivity index (χ3n) is 2.88. The van der Waals surface area contributed by atoms with Crippen LogP contribution in [0.3, 0.4) is 0 Å². The Labute approximate surface area is 105 Å². The van der Waals surface area contributed by atoms with E-state index in [1.54, 1.807) is 0 Å². The second kappa shape index (κ2) is 5.44. The number of anilines is 1. The molecule has 1 aliphatic rings. The monoisotopic (exact) mass is 254 g/mol. The Morgan fingerprint density at radius 3 is 3.12 bits per heavy atom. The average Bonchev–Trinajstić information content (AvgIpc) is 2.77. The molecular formula is C11H18N4OS. The molecule has 0 aromatic carbocycles. The molecule has 0 bridgehead atoms. The fourth-order valence-corrected chi connectivity index (χ4v) is 2.82. The SMILES string of the molecule is CCNc1nnc(C(=O)N2CCCC(C)C2)s1. The minimum absolute atomic E-state index is 0.0261. The van der Waals surface area contributed by atoms with Gasteiger partial charge in [0.2, 0.25) is 10.1 Å². The van der Waals surface area contributed by atoms with Crippen molar-refractivity contribution in [2.75, 3.05) is 25.0 Å². The summed E-state index contributed by atoms with van der Waals surface area (Å²) >= 11 is 1.34. The second-order valence-corrected chi connectivity index (χ2v) is 5.42. The Bertz CT molecular complexity index is 393. The van der Waals surface area contributed by atoms with Crippen molar-refractivity contribution in [3.8, 4) is 0 Å². The van der Waals surface area contributed by atoms with Crippen molar-refractivity contribution in [2.45, 2.75) is 26.7 Å². The maximum absolute atomic E-state index is 12.2. The van der Waals surface area contributed by atoms with Crippen LogP contribution < -0.4 is 5.32 Å². The van der Waals surface area contributed by atoms with Crippen molar-refractivity contribution in [2.24, 2.45) is 5.92 Å². The summed E-state index contributed by atoms with van der Waals surface area (Å²) in [6.45, 7) is 6.66. The van der Waals surface area contributed by atoms with E-state index in [0.717, 1.165) is 31.2 Å². The molecule has 1 amide bonds. The minimum atomic E-state index is 0.0261. The number of likely N-dealkylation sites (tertiary alicyclic amines) is 1. The summed E-state index contributed by atoms with van der Waals surface area (Å²) in [4.78, 5) is 14.1. The number of aromatic nitrogens is 2. The van der Waals surface area contributed by atoms with E-state index in [1.807, 2.05) is 11.8 Å². The molecule has 1 saturated heterocycles. The first-order valence-corrected chi connectivity index (χ1v) is 6.89. The number of hydrogen-bond acceptors (Lipinski definition) is 5. The van der Waals surface area contributed by atoms with Gasteiger partial charge in [-0.05, 0) is 25.7 Å². The smallest absolute Gasteiger partial charge is 0.284 e. The molecule has 0 spiro atoms. The first-order valence-electron chi connectivity index (χ1n) is 6.07. The van der Waals surface area contributed by atoms with E-state index in [0.29, 0.717) is 10.9 Å². The van der Waals surface area contributed by atoms with Crippen LogP contribution in [-0.4, -0.2) is 40.6 Å². The van der Waals surface area contributed by atoms with Crippen LogP contribution in [0.25, 0.3) is 0 Å². The summed E-state index contributed by atoms with van der Waals surface area (Å²) in [5.41, 5.74) is 0. The molecule has 0 radical (unpaired) electrons. The van der Waals surface area contributed by atoms with E-state index >= 15 is 0 Å². The van der Waals surface area contributed by atoms with Gasteiger partial charge < -0.3 is 10.2 Å². The number of hydrogen-bond donors (Lipinski definition) is 1. The molecule has 1 atom stereocenters. The van der Waals surface area contributed by atoms with E-state index in [-0.39, 0.29) is 5.91 Å². The van der Waals surface area contributed by atoms with Crippen LogP contribution in [0, 0.1) is 5.92 Å². The van der Waals surface area contributed by atoms with Gasteiger partial charge in [0.25, 0.3) is 5.91 Å². The molecule has 6 heteroatoms. The molecule has 0 saturated carbocycles. The normalized spacial score (nSPS) is 20.4. The van der Waals surface area contributed by atoms with Crippen LogP contribution in [-0.2, 0) is 0 Å². The molecule has 17 heavy (non-hydrogen) atoms. The molecule has 1 aromatic rings. The number of carbonyl (C=O) groups is 1. The Morgan fingerprint density at radius 1 is 1.59 bits per heavy atom. The van der Waals surface area contributed by atoms with Gasteiger partial charge in [0.1, 0.15) is 0 Å². The zero-order chi connectivity index (χ0) is 12.3. The van der Waals surface area contributed by atoms with Crippen LogP contribution in [0.5, 0.6) is 0 Å². The molecule has 2 rings (SSSR count). The Kier molecular flexibility index (Phi) is 3.93. The highest BCUT2D eigenvalue weighted by Gasteiger charge is 2.24. The van der Waals surface area contributed by atoms with Gasteiger partial charge in [0.05, 0.1) is 0 Å². The van der Waals surface area contributed by atoms with Crippen molar-refractivity contribution in [3.05, 3.63) is 5.01 Å². The van der Waals surface area contributed by atoms with Gasteiger partial charge in [-0.2, -0.15) is 0 Å². The van der Waals surface area contributed by atoms with Crippen LogP contribution in [0.15, 0.2) is 0 Å². The predicted octanol–water partition coefficient (Wildman–Crippen LogP) is 1.84. The Hall–Kier alpha value is -1.17. The third kappa shape index (κ3) is 2.94. The minimum Gasteiger partial charge on any atom is -0.360 e. The maximum atomic E-state index is 12.2. The van der Waals surface area contributed by atoms with Gasteiger partial charge in [-0.15, -0.1) is 10.2 Å². The highest BCUT2D eigenvalue weighted by atomic mass is 32.1. The zero-order valence-electron chi connectivity index (χ0n) is 10.3. The van der Waals surface area contributed by atoms with Gasteiger partial charge in [0.15, 0.2) is 0 Å². The summed E-state index contributed by atoms with van der Waals surface area (Å²) in [6, 6.07) is 0. The second-order valence-electron chi connectivity index (χ2n) is 4.44. The van der Waals surface area contributed by atoms with Crippen LogP contribution in [0.2, 0.25) is 0 Å². The van der Waals surface area contributed by atoms with Crippen molar-refractivity contribution < 1.29 is 4.79 Å². The van der Waals surface area contributed by atoms with Crippen LogP contribution in [0.1, 0.15) is 36.5 Å². The summed E-state index contributed by atoms with van der Waals surface area (Å²) in [6.07, 6.45) is 2.30. The molecule has 1 aromatic heterocycles. The lowest BCUT2D eigenvalue weighted by Crippen LogP contribution is -2.39. The third-order valence-corrected chi connectivity index (χ3v) is 3.75. The van der Waals surface area contributed by atoms with Crippen molar-refractivity contribution in [1.29, 1.82) is 0 Å². The van der Waals surface area contributed by atoms with Crippen molar-refractivity contribution >= 4 is 22.4 Å². The fourth-order valence-electron chi connectivity index (χ4n) is 2.04. The summed E-state index contributed by atoms with van der Waals surface area (Å²) in [5, 5.41) is 12.2. The van der Waals surface area contributed by atoms with Crippen LogP contribution in [0.4, 0.5) is 5.13 Å². The average molecular weight is 254 g/mol. The van der Waals surface area contributed by atoms with Crippen molar-refractivity contribution in [1.82, 2.24) is 15.1 Å². The quantitative estimate of drug-likeness (QED) is 0.894. The number of amides is 1. The highest BCUT2D eigenvalue weighted by molar-refractivity contribution is 7.17. The first-order chi connectivity index (χ1) is 8.20. The Morgan fingerprint density at radius 2 is 2.41 bits per heavy atom. The number of piperidine rings is 1. The maximum Gasteiger partial charge on any atom is 0.284 e. The number of carbonyl (C=O) groups excluding carboxylic acids is 1. The summed E-state index contributed by atoms with van der Waals surface area (Å²) in [5.74, 6) is 0.618. The molecule has 0 aliphatic carbocycles. The zero-order valence-corrected chi connectivity index (χ0v) is 11.1. The molecule has 2 heterocycles. The molecule has 1 unspecified atom stereocenters. The number of rotatable bonds is 3. The van der Waals surface area contributed by atoms with Crippen molar-refractivity contribution in [3.63, 3.8) is 0 Å². The summed E-state index contributed by atoms with van der Waals surface area (Å²) in [7, 11) is 0. The van der Waals surface area contributed by atoms with E-state index in [1.165, 1.54) is 17.8 Å². The lowest BCUT2D eigenvalue weighted by atomic mass is 10.0. The van der Waals surface area contributed by atoms with E-state index in [4.69, 9.17) is 0 Å². The standard InChI is InChI=1S/C11H18N4OS/c1-3-12-11-14-13-9(17-11)10(16)15-6-4-5-8(2)7-15/h8H,3-7H2,1-2H3,(H,12,14). The van der Waals surface area contributed by atoms with E-state index in [9.17, 15) is 4.79 Å². The van der Waals surface area contributed by atoms with Gasteiger partial charge in [0, 0.05) is 19.6 Å². The van der Waals surface area contributed by atoms with Gasteiger partial charge >= 0.3 is 0 Å². The molecule has 1 aliphatic heterocycles. The highest BCUT2D eigenvalue weighted by Crippen LogP contribution is 2.21. The molecule has 1 fully saturated rings. The van der Waals surface area contributed by atoms with Gasteiger partial charge in [-0.25, -0.2) is 0 Å². The molecule has 5 nitrogen and oxygen atoms in total. The van der Waals surface area contributed by atoms with Crippen LogP contribution >= 0.6 is 11.3 Å². The topological polar surface area (TPSA) is 58.1 Å². The lowest BCUT2D eigenvalue weighted by molar-refractivity contribution is 0.0682. The number of nitrogens with zero attached hydrogens (tertiary/aromatic N) is 3. The van der Waals surface area contributed by atoms with Gasteiger partial charge in [-0.1, -0.05) is 18.3 Å². The molecular weight excluding hydrogens is 236 g/mol. The van der Waals surface area contributed by atoms with E-state index in [2.05, 4.69) is 22.4 Å². The lowest BCUT2D eigenvalue weighted by Gasteiger charge is -2.30.